The number of likely N-dealkylation sites (tertiary alicyclic amines) is 1. The van der Waals surface area contributed by atoms with Crippen LogP contribution in [0.15, 0.2) is 11.1 Å². The van der Waals surface area contributed by atoms with Crippen molar-refractivity contribution in [3.63, 3.8) is 0 Å². The van der Waals surface area contributed by atoms with Gasteiger partial charge in [0.1, 0.15) is 9.23 Å². The van der Waals surface area contributed by atoms with Crippen LogP contribution < -0.4 is 0 Å². The molecule has 0 aromatic heterocycles. The fourth-order valence-electron chi connectivity index (χ4n) is 2.95. The molecule has 0 aromatic carbocycles. The molecule has 1 atom stereocenters. The van der Waals surface area contributed by atoms with Gasteiger partial charge in [-0.15, -0.1) is 0 Å². The molecule has 0 spiro atoms. The van der Waals surface area contributed by atoms with Crippen molar-refractivity contribution in [2.45, 2.75) is 26.7 Å². The van der Waals surface area contributed by atoms with E-state index >= 15 is 0 Å². The summed E-state index contributed by atoms with van der Waals surface area (Å²) in [4.78, 5) is 28.9. The van der Waals surface area contributed by atoms with Gasteiger partial charge in [0.05, 0.1) is 32.3 Å². The van der Waals surface area contributed by atoms with E-state index in [1.54, 1.807) is 13.8 Å². The zero-order chi connectivity index (χ0) is 19.6. The van der Waals surface area contributed by atoms with E-state index in [0.717, 1.165) is 32.5 Å². The first-order valence-corrected chi connectivity index (χ1v) is 10.6. The van der Waals surface area contributed by atoms with Crippen LogP contribution >= 0.6 is 24.0 Å². The maximum Gasteiger partial charge on any atom is 0.346 e. The summed E-state index contributed by atoms with van der Waals surface area (Å²) >= 11 is 6.80. The van der Waals surface area contributed by atoms with Gasteiger partial charge < -0.3 is 24.0 Å². The highest BCUT2D eigenvalue weighted by Gasteiger charge is 2.29. The van der Waals surface area contributed by atoms with Crippen LogP contribution in [0.1, 0.15) is 26.7 Å². The van der Waals surface area contributed by atoms with Crippen LogP contribution in [-0.2, 0) is 23.8 Å². The summed E-state index contributed by atoms with van der Waals surface area (Å²) < 4.78 is 16.3. The molecule has 2 aliphatic heterocycles. The highest BCUT2D eigenvalue weighted by Crippen LogP contribution is 2.27. The molecule has 0 N–H and O–H groups in total. The second kappa shape index (κ2) is 11.5. The van der Waals surface area contributed by atoms with Crippen molar-refractivity contribution in [2.24, 2.45) is 5.92 Å². The first kappa shape index (κ1) is 22.0. The number of ether oxygens (including phenoxy) is 3. The standard InChI is InChI=1S/C18H28N2O5S2/c1-3-24-16(21)14-6-5-7-20(12-14)18(26)27-15(17(22)25-4-2)13-19-8-10-23-11-9-19/h13-14H,3-12H2,1-2H3/b15-13+. The van der Waals surface area contributed by atoms with Gasteiger partial charge >= 0.3 is 11.9 Å². The van der Waals surface area contributed by atoms with E-state index in [4.69, 9.17) is 26.4 Å². The Balaban J connectivity index is 2.02. The zero-order valence-electron chi connectivity index (χ0n) is 16.0. The summed E-state index contributed by atoms with van der Waals surface area (Å²) in [6.45, 7) is 8.29. The Bertz CT molecular complexity index is 564. The molecule has 2 aliphatic rings. The number of piperidine rings is 1. The minimum atomic E-state index is -0.379. The third-order valence-corrected chi connectivity index (χ3v) is 5.75. The van der Waals surface area contributed by atoms with E-state index in [1.807, 2.05) is 16.0 Å². The SMILES string of the molecule is CCOC(=O)/C(=C\N1CCOCC1)SC(=S)N1CCCC(C(=O)OCC)C1. The molecule has 2 heterocycles. The van der Waals surface area contributed by atoms with E-state index in [-0.39, 0.29) is 17.9 Å². The fraction of sp³-hybridized carbons (Fsp3) is 0.722. The number of nitrogens with zero attached hydrogens (tertiary/aromatic N) is 2. The van der Waals surface area contributed by atoms with Gasteiger partial charge in [-0.1, -0.05) is 24.0 Å². The summed E-state index contributed by atoms with van der Waals surface area (Å²) in [5, 5.41) is 0. The number of hydrogen-bond acceptors (Lipinski definition) is 8. The molecule has 0 saturated carbocycles. The van der Waals surface area contributed by atoms with Crippen LogP contribution in [-0.4, -0.2) is 78.7 Å². The third-order valence-electron chi connectivity index (χ3n) is 4.32. The number of thioether (sulfide) groups is 1. The molecule has 0 aliphatic carbocycles. The Labute approximate surface area is 170 Å². The molecule has 0 radical (unpaired) electrons. The molecule has 1 unspecified atom stereocenters. The maximum atomic E-state index is 12.4. The first-order chi connectivity index (χ1) is 13.0. The van der Waals surface area contributed by atoms with Crippen molar-refractivity contribution in [3.05, 3.63) is 11.1 Å². The smallest absolute Gasteiger partial charge is 0.346 e. The van der Waals surface area contributed by atoms with Crippen LogP contribution in [0, 0.1) is 5.92 Å². The molecule has 7 nitrogen and oxygen atoms in total. The fourth-order valence-corrected chi connectivity index (χ4v) is 4.21. The predicted octanol–water partition coefficient (Wildman–Crippen LogP) is 2.02. The van der Waals surface area contributed by atoms with Crippen LogP contribution in [0.3, 0.4) is 0 Å². The van der Waals surface area contributed by atoms with Crippen molar-refractivity contribution >= 4 is 40.2 Å². The molecular weight excluding hydrogens is 388 g/mol. The lowest BCUT2D eigenvalue weighted by molar-refractivity contribution is -0.149. The molecule has 27 heavy (non-hydrogen) atoms. The summed E-state index contributed by atoms with van der Waals surface area (Å²) in [6.07, 6.45) is 3.48. The van der Waals surface area contributed by atoms with Crippen LogP contribution in [0.4, 0.5) is 0 Å². The van der Waals surface area contributed by atoms with Gasteiger partial charge in [0.25, 0.3) is 0 Å². The van der Waals surface area contributed by atoms with Crippen molar-refractivity contribution < 1.29 is 23.8 Å². The quantitative estimate of drug-likeness (QED) is 0.367. The molecular formula is C18H28N2O5S2. The number of carbonyl (C=O) groups excluding carboxylic acids is 2. The van der Waals surface area contributed by atoms with E-state index in [1.165, 1.54) is 11.8 Å². The Morgan fingerprint density at radius 1 is 1.19 bits per heavy atom. The van der Waals surface area contributed by atoms with Gasteiger partial charge in [-0.2, -0.15) is 0 Å². The van der Waals surface area contributed by atoms with Crippen molar-refractivity contribution in [2.75, 3.05) is 52.6 Å². The molecule has 2 saturated heterocycles. The van der Waals surface area contributed by atoms with Crippen LogP contribution in [0.25, 0.3) is 0 Å². The van der Waals surface area contributed by atoms with E-state index in [2.05, 4.69) is 0 Å². The number of morpholine rings is 1. The third kappa shape index (κ3) is 6.97. The van der Waals surface area contributed by atoms with E-state index < -0.39 is 0 Å². The molecule has 0 aromatic rings. The van der Waals surface area contributed by atoms with Gasteiger partial charge in [-0.3, -0.25) is 4.79 Å². The molecule has 152 valence electrons. The van der Waals surface area contributed by atoms with E-state index in [9.17, 15) is 9.59 Å². The number of carbonyl (C=O) groups is 2. The molecule has 0 amide bonds. The number of rotatable bonds is 6. The van der Waals surface area contributed by atoms with Gasteiger partial charge in [0, 0.05) is 32.4 Å². The van der Waals surface area contributed by atoms with Crippen LogP contribution in [0.2, 0.25) is 0 Å². The number of hydrogen-bond donors (Lipinski definition) is 0. The zero-order valence-corrected chi connectivity index (χ0v) is 17.6. The Morgan fingerprint density at radius 2 is 1.89 bits per heavy atom. The summed E-state index contributed by atoms with van der Waals surface area (Å²) in [6, 6.07) is 0. The number of esters is 2. The van der Waals surface area contributed by atoms with Gasteiger partial charge in [0.2, 0.25) is 0 Å². The lowest BCUT2D eigenvalue weighted by atomic mass is 9.99. The van der Waals surface area contributed by atoms with Crippen molar-refractivity contribution in [1.82, 2.24) is 9.80 Å². The normalized spacial score (nSPS) is 21.0. The summed E-state index contributed by atoms with van der Waals surface area (Å²) in [7, 11) is 0. The highest BCUT2D eigenvalue weighted by molar-refractivity contribution is 8.25. The second-order valence-corrected chi connectivity index (χ2v) is 7.94. The summed E-state index contributed by atoms with van der Waals surface area (Å²) in [5.74, 6) is -0.730. The topological polar surface area (TPSA) is 68.3 Å². The predicted molar refractivity (Wildman–Crippen MR) is 108 cm³/mol. The number of thiocarbonyl (C=S) groups is 1. The molecule has 2 fully saturated rings. The molecule has 9 heteroatoms. The Morgan fingerprint density at radius 3 is 2.56 bits per heavy atom. The molecule has 2 rings (SSSR count). The lowest BCUT2D eigenvalue weighted by Gasteiger charge is -2.33. The average Bonchev–Trinajstić information content (AvgIpc) is 2.68. The maximum absolute atomic E-state index is 12.4. The van der Waals surface area contributed by atoms with Gasteiger partial charge in [0.15, 0.2) is 0 Å². The van der Waals surface area contributed by atoms with Crippen molar-refractivity contribution in [3.8, 4) is 0 Å². The van der Waals surface area contributed by atoms with E-state index in [0.29, 0.717) is 42.2 Å². The average molecular weight is 417 g/mol. The van der Waals surface area contributed by atoms with Crippen molar-refractivity contribution in [1.29, 1.82) is 0 Å². The highest BCUT2D eigenvalue weighted by atomic mass is 32.2. The summed E-state index contributed by atoms with van der Waals surface area (Å²) in [5.41, 5.74) is 0. The molecule has 0 bridgehead atoms. The van der Waals surface area contributed by atoms with Gasteiger partial charge in [-0.05, 0) is 26.7 Å². The monoisotopic (exact) mass is 416 g/mol. The van der Waals surface area contributed by atoms with Gasteiger partial charge in [-0.25, -0.2) is 4.79 Å². The first-order valence-electron chi connectivity index (χ1n) is 9.39. The Kier molecular flexibility index (Phi) is 9.36. The minimum absolute atomic E-state index is 0.175. The second-order valence-electron chi connectivity index (χ2n) is 6.27. The Hall–Kier alpha value is -1.32. The minimum Gasteiger partial charge on any atom is -0.466 e. The van der Waals surface area contributed by atoms with Crippen LogP contribution in [0.5, 0.6) is 0 Å². The largest absolute Gasteiger partial charge is 0.466 e. The lowest BCUT2D eigenvalue weighted by Crippen LogP contribution is -2.41.